The first-order valence-corrected chi connectivity index (χ1v) is 8.66. The highest BCUT2D eigenvalue weighted by Gasteiger charge is 2.29. The molecular formula is C20H20FN3O2. The first kappa shape index (κ1) is 16.7. The fourth-order valence-electron chi connectivity index (χ4n) is 3.33. The van der Waals surface area contributed by atoms with Crippen LogP contribution in [0, 0.1) is 5.82 Å². The van der Waals surface area contributed by atoms with E-state index in [9.17, 15) is 4.39 Å². The van der Waals surface area contributed by atoms with Crippen molar-refractivity contribution in [3.05, 3.63) is 65.8 Å². The molecule has 1 aliphatic rings. The van der Waals surface area contributed by atoms with Gasteiger partial charge in [-0.25, -0.2) is 4.39 Å². The molecule has 2 aromatic carbocycles. The Morgan fingerprint density at radius 2 is 2.12 bits per heavy atom. The lowest BCUT2D eigenvalue weighted by Crippen LogP contribution is -2.20. The van der Waals surface area contributed by atoms with Crippen LogP contribution in [0.25, 0.3) is 11.4 Å². The van der Waals surface area contributed by atoms with Crippen LogP contribution in [0.15, 0.2) is 53.1 Å². The minimum Gasteiger partial charge on any atom is -0.497 e. The van der Waals surface area contributed by atoms with Gasteiger partial charge in [-0.1, -0.05) is 35.5 Å². The molecule has 0 spiro atoms. The zero-order valence-corrected chi connectivity index (χ0v) is 14.6. The molecule has 0 N–H and O–H groups in total. The first-order valence-electron chi connectivity index (χ1n) is 8.66. The van der Waals surface area contributed by atoms with Gasteiger partial charge in [-0.05, 0) is 31.2 Å². The highest BCUT2D eigenvalue weighted by Crippen LogP contribution is 2.29. The molecule has 6 heteroatoms. The summed E-state index contributed by atoms with van der Waals surface area (Å²) in [7, 11) is 1.63. The van der Waals surface area contributed by atoms with E-state index >= 15 is 0 Å². The standard InChI is InChI=1S/C20H20FN3O2/c1-25-17-7-4-6-14(11-17)19-22-20(26-23-19)16-9-10-24(13-16)12-15-5-2-3-8-18(15)21/h2-8,11,16H,9-10,12-13H2,1H3/t16-/m1/s1. The Morgan fingerprint density at radius 3 is 2.96 bits per heavy atom. The monoisotopic (exact) mass is 353 g/mol. The summed E-state index contributed by atoms with van der Waals surface area (Å²) in [5.41, 5.74) is 1.58. The van der Waals surface area contributed by atoms with Crippen molar-refractivity contribution in [3.63, 3.8) is 0 Å². The summed E-state index contributed by atoms with van der Waals surface area (Å²) >= 11 is 0. The molecule has 0 amide bonds. The number of rotatable bonds is 5. The van der Waals surface area contributed by atoms with Crippen molar-refractivity contribution >= 4 is 0 Å². The van der Waals surface area contributed by atoms with Crippen LogP contribution in [0.5, 0.6) is 5.75 Å². The maximum atomic E-state index is 13.8. The number of ether oxygens (including phenoxy) is 1. The van der Waals surface area contributed by atoms with Gasteiger partial charge in [0.25, 0.3) is 0 Å². The van der Waals surface area contributed by atoms with Gasteiger partial charge in [-0.3, -0.25) is 4.90 Å². The second-order valence-corrected chi connectivity index (χ2v) is 6.50. The summed E-state index contributed by atoms with van der Waals surface area (Å²) < 4.78 is 24.6. The SMILES string of the molecule is COc1cccc(-c2noc([C@@H]3CCN(Cc4ccccc4F)C3)n2)c1. The van der Waals surface area contributed by atoms with Crippen molar-refractivity contribution in [1.29, 1.82) is 0 Å². The number of benzene rings is 2. The minimum absolute atomic E-state index is 0.158. The topological polar surface area (TPSA) is 51.4 Å². The van der Waals surface area contributed by atoms with Gasteiger partial charge in [0.1, 0.15) is 11.6 Å². The fraction of sp³-hybridized carbons (Fsp3) is 0.300. The van der Waals surface area contributed by atoms with Gasteiger partial charge in [0, 0.05) is 24.2 Å². The largest absolute Gasteiger partial charge is 0.497 e. The van der Waals surface area contributed by atoms with Gasteiger partial charge in [0.05, 0.1) is 13.0 Å². The van der Waals surface area contributed by atoms with Crippen molar-refractivity contribution in [3.8, 4) is 17.1 Å². The lowest BCUT2D eigenvalue weighted by molar-refractivity contribution is 0.305. The van der Waals surface area contributed by atoms with Crippen LogP contribution in [0.4, 0.5) is 4.39 Å². The third-order valence-electron chi connectivity index (χ3n) is 4.74. The Hall–Kier alpha value is -2.73. The number of halogens is 1. The predicted octanol–water partition coefficient (Wildman–Crippen LogP) is 3.87. The molecule has 0 aliphatic carbocycles. The van der Waals surface area contributed by atoms with Crippen LogP contribution in [-0.2, 0) is 6.54 Å². The molecule has 1 aromatic heterocycles. The number of hydrogen-bond donors (Lipinski definition) is 0. The number of aromatic nitrogens is 2. The quantitative estimate of drug-likeness (QED) is 0.697. The fourth-order valence-corrected chi connectivity index (χ4v) is 3.33. The Balaban J connectivity index is 1.44. The Morgan fingerprint density at radius 1 is 1.23 bits per heavy atom. The van der Waals surface area contributed by atoms with E-state index in [2.05, 4.69) is 15.0 Å². The predicted molar refractivity (Wildman–Crippen MR) is 95.3 cm³/mol. The van der Waals surface area contributed by atoms with Crippen molar-refractivity contribution in [2.75, 3.05) is 20.2 Å². The van der Waals surface area contributed by atoms with E-state index in [0.717, 1.165) is 36.4 Å². The molecule has 3 aromatic rings. The lowest BCUT2D eigenvalue weighted by Gasteiger charge is -2.15. The summed E-state index contributed by atoms with van der Waals surface area (Å²) in [6.07, 6.45) is 0.925. The van der Waals surface area contributed by atoms with E-state index in [4.69, 9.17) is 9.26 Å². The smallest absolute Gasteiger partial charge is 0.231 e. The third kappa shape index (κ3) is 3.46. The molecule has 0 unspecified atom stereocenters. The van der Waals surface area contributed by atoms with Crippen LogP contribution < -0.4 is 4.74 Å². The zero-order valence-electron chi connectivity index (χ0n) is 14.6. The highest BCUT2D eigenvalue weighted by molar-refractivity contribution is 5.56. The lowest BCUT2D eigenvalue weighted by atomic mass is 10.1. The molecule has 0 radical (unpaired) electrons. The normalized spacial score (nSPS) is 17.5. The second kappa shape index (κ2) is 7.25. The first-order chi connectivity index (χ1) is 12.7. The second-order valence-electron chi connectivity index (χ2n) is 6.50. The molecule has 5 nitrogen and oxygen atoms in total. The Kier molecular flexibility index (Phi) is 4.67. The van der Waals surface area contributed by atoms with Crippen LogP contribution in [0.3, 0.4) is 0 Å². The molecule has 1 saturated heterocycles. The van der Waals surface area contributed by atoms with Crippen molar-refractivity contribution in [2.24, 2.45) is 0 Å². The number of likely N-dealkylation sites (tertiary alicyclic amines) is 1. The van der Waals surface area contributed by atoms with Gasteiger partial charge in [0.15, 0.2) is 0 Å². The Bertz CT molecular complexity index is 896. The Labute approximate surface area is 151 Å². The molecule has 134 valence electrons. The minimum atomic E-state index is -0.158. The molecule has 1 atom stereocenters. The third-order valence-corrected chi connectivity index (χ3v) is 4.74. The summed E-state index contributed by atoms with van der Waals surface area (Å²) in [6, 6.07) is 14.5. The van der Waals surface area contributed by atoms with Crippen LogP contribution in [-0.4, -0.2) is 35.2 Å². The molecule has 26 heavy (non-hydrogen) atoms. The van der Waals surface area contributed by atoms with Gasteiger partial charge in [0.2, 0.25) is 11.7 Å². The summed E-state index contributed by atoms with van der Waals surface area (Å²) in [6.45, 7) is 2.27. The van der Waals surface area contributed by atoms with Gasteiger partial charge < -0.3 is 9.26 Å². The van der Waals surface area contributed by atoms with Crippen molar-refractivity contribution in [1.82, 2.24) is 15.0 Å². The van der Waals surface area contributed by atoms with E-state index in [-0.39, 0.29) is 11.7 Å². The summed E-state index contributed by atoms with van der Waals surface area (Å²) in [5.74, 6) is 1.97. The number of hydrogen-bond acceptors (Lipinski definition) is 5. The molecule has 1 fully saturated rings. The highest BCUT2D eigenvalue weighted by atomic mass is 19.1. The van der Waals surface area contributed by atoms with Gasteiger partial charge in [-0.2, -0.15) is 4.98 Å². The molecule has 0 bridgehead atoms. The molecule has 4 rings (SSSR count). The number of nitrogens with zero attached hydrogens (tertiary/aromatic N) is 3. The average Bonchev–Trinajstić information content (AvgIpc) is 3.33. The summed E-state index contributed by atoms with van der Waals surface area (Å²) in [4.78, 5) is 6.78. The maximum absolute atomic E-state index is 13.8. The zero-order chi connectivity index (χ0) is 17.9. The van der Waals surface area contributed by atoms with E-state index in [1.807, 2.05) is 36.4 Å². The van der Waals surface area contributed by atoms with E-state index in [1.54, 1.807) is 13.2 Å². The van der Waals surface area contributed by atoms with Crippen molar-refractivity contribution < 1.29 is 13.7 Å². The average molecular weight is 353 g/mol. The van der Waals surface area contributed by atoms with Crippen molar-refractivity contribution in [2.45, 2.75) is 18.9 Å². The van der Waals surface area contributed by atoms with Gasteiger partial charge in [-0.15, -0.1) is 0 Å². The van der Waals surface area contributed by atoms with Gasteiger partial charge >= 0.3 is 0 Å². The molecule has 0 saturated carbocycles. The molecule has 1 aliphatic heterocycles. The van der Waals surface area contributed by atoms with Crippen LogP contribution in [0.1, 0.15) is 23.8 Å². The van der Waals surface area contributed by atoms with Crippen LogP contribution >= 0.6 is 0 Å². The van der Waals surface area contributed by atoms with E-state index < -0.39 is 0 Å². The molecular weight excluding hydrogens is 333 g/mol. The maximum Gasteiger partial charge on any atom is 0.231 e. The van der Waals surface area contributed by atoms with E-state index in [1.165, 1.54) is 6.07 Å². The molecule has 2 heterocycles. The van der Waals surface area contributed by atoms with E-state index in [0.29, 0.717) is 18.3 Å². The summed E-state index contributed by atoms with van der Waals surface area (Å²) in [5, 5.41) is 4.11. The number of methoxy groups -OCH3 is 1. The van der Waals surface area contributed by atoms with Crippen LogP contribution in [0.2, 0.25) is 0 Å².